The molecule has 3 rings (SSSR count). The third-order valence-electron chi connectivity index (χ3n) is 4.24. The van der Waals surface area contributed by atoms with Crippen LogP contribution in [0.4, 0.5) is 0 Å². The number of nitrogens with two attached hydrogens (primary N) is 1. The van der Waals surface area contributed by atoms with Crippen LogP contribution in [0.2, 0.25) is 0 Å². The summed E-state index contributed by atoms with van der Waals surface area (Å²) >= 11 is 0. The fourth-order valence-electron chi connectivity index (χ4n) is 2.94. The summed E-state index contributed by atoms with van der Waals surface area (Å²) < 4.78 is 2.26. The molecule has 0 amide bonds. The minimum absolute atomic E-state index is 0.208. The Labute approximate surface area is 102 Å². The van der Waals surface area contributed by atoms with Crippen LogP contribution in [0.3, 0.4) is 0 Å². The number of hydrogen-bond donors (Lipinski definition) is 1. The molecule has 1 saturated carbocycles. The van der Waals surface area contributed by atoms with Crippen LogP contribution >= 0.6 is 0 Å². The monoisotopic (exact) mass is 229 g/mol. The minimum Gasteiger partial charge on any atom is -0.326 e. The van der Waals surface area contributed by atoms with E-state index in [9.17, 15) is 0 Å². The lowest BCUT2D eigenvalue weighted by Gasteiger charge is -2.27. The molecule has 17 heavy (non-hydrogen) atoms. The molecule has 2 N–H and O–H groups in total. The van der Waals surface area contributed by atoms with Gasteiger partial charge >= 0.3 is 0 Å². The smallest absolute Gasteiger partial charge is 0.0961 e. The van der Waals surface area contributed by atoms with Crippen molar-refractivity contribution in [2.24, 2.45) is 11.1 Å². The summed E-state index contributed by atoms with van der Waals surface area (Å²) in [6.45, 7) is 4.52. The Morgan fingerprint density at radius 3 is 2.82 bits per heavy atom. The van der Waals surface area contributed by atoms with E-state index in [1.165, 1.54) is 11.9 Å². The van der Waals surface area contributed by atoms with Crippen molar-refractivity contribution in [2.75, 3.05) is 0 Å². The summed E-state index contributed by atoms with van der Waals surface area (Å²) in [5, 5.41) is 0. The molecule has 3 heteroatoms. The standard InChI is InChI=1S/C14H19N3/c1-14(2)8-7-12(13(14)15)17-9-16-10-5-3-4-6-11(10)17/h3-6,9,12-13H,7-8,15H2,1-2H3. The summed E-state index contributed by atoms with van der Waals surface area (Å²) in [5.41, 5.74) is 8.88. The Morgan fingerprint density at radius 1 is 1.35 bits per heavy atom. The Morgan fingerprint density at radius 2 is 2.12 bits per heavy atom. The Kier molecular flexibility index (Phi) is 2.26. The van der Waals surface area contributed by atoms with Crippen LogP contribution in [-0.2, 0) is 0 Å². The van der Waals surface area contributed by atoms with Crippen LogP contribution in [-0.4, -0.2) is 15.6 Å². The molecule has 0 radical (unpaired) electrons. The highest BCUT2D eigenvalue weighted by Crippen LogP contribution is 2.43. The van der Waals surface area contributed by atoms with Crippen LogP contribution in [0.5, 0.6) is 0 Å². The van der Waals surface area contributed by atoms with E-state index in [0.29, 0.717) is 6.04 Å². The average Bonchev–Trinajstić information content (AvgIpc) is 2.83. The maximum Gasteiger partial charge on any atom is 0.0961 e. The van der Waals surface area contributed by atoms with E-state index in [4.69, 9.17) is 5.73 Å². The van der Waals surface area contributed by atoms with Crippen molar-refractivity contribution < 1.29 is 0 Å². The molecular weight excluding hydrogens is 210 g/mol. The molecule has 1 fully saturated rings. The van der Waals surface area contributed by atoms with Gasteiger partial charge in [-0.15, -0.1) is 0 Å². The van der Waals surface area contributed by atoms with E-state index >= 15 is 0 Å². The average molecular weight is 229 g/mol. The van der Waals surface area contributed by atoms with Crippen LogP contribution in [0.1, 0.15) is 32.7 Å². The van der Waals surface area contributed by atoms with E-state index < -0.39 is 0 Å². The second kappa shape index (κ2) is 3.57. The number of fused-ring (bicyclic) bond motifs is 1. The molecule has 2 atom stereocenters. The predicted molar refractivity (Wildman–Crippen MR) is 69.8 cm³/mol. The van der Waals surface area contributed by atoms with Gasteiger partial charge in [0.1, 0.15) is 0 Å². The molecule has 0 spiro atoms. The summed E-state index contributed by atoms with van der Waals surface area (Å²) in [4.78, 5) is 4.45. The first-order chi connectivity index (χ1) is 8.09. The van der Waals surface area contributed by atoms with Crippen molar-refractivity contribution in [3.63, 3.8) is 0 Å². The molecule has 1 aromatic heterocycles. The molecule has 0 aliphatic heterocycles. The quantitative estimate of drug-likeness (QED) is 0.817. The van der Waals surface area contributed by atoms with Gasteiger partial charge in [-0.3, -0.25) is 0 Å². The zero-order valence-electron chi connectivity index (χ0n) is 10.4. The first kappa shape index (κ1) is 10.8. The van der Waals surface area contributed by atoms with Crippen LogP contribution in [0.15, 0.2) is 30.6 Å². The molecule has 2 aromatic rings. The molecular formula is C14H19N3. The first-order valence-electron chi connectivity index (χ1n) is 6.27. The zero-order valence-corrected chi connectivity index (χ0v) is 10.4. The number of para-hydroxylation sites is 2. The van der Waals surface area contributed by atoms with E-state index in [-0.39, 0.29) is 11.5 Å². The number of imidazole rings is 1. The normalized spacial score (nSPS) is 27.7. The third kappa shape index (κ3) is 1.57. The fourth-order valence-corrected chi connectivity index (χ4v) is 2.94. The van der Waals surface area contributed by atoms with Gasteiger partial charge in [-0.2, -0.15) is 0 Å². The summed E-state index contributed by atoms with van der Waals surface area (Å²) in [6.07, 6.45) is 4.27. The van der Waals surface area contributed by atoms with Gasteiger partial charge in [0.2, 0.25) is 0 Å². The zero-order chi connectivity index (χ0) is 12.0. The fraction of sp³-hybridized carbons (Fsp3) is 0.500. The SMILES string of the molecule is CC1(C)CCC(n2cnc3ccccc32)C1N. The second-order valence-corrected chi connectivity index (χ2v) is 5.76. The van der Waals surface area contributed by atoms with Gasteiger partial charge in [0.05, 0.1) is 23.4 Å². The molecule has 90 valence electrons. The van der Waals surface area contributed by atoms with Crippen molar-refractivity contribution in [1.29, 1.82) is 0 Å². The Bertz CT molecular complexity index is 541. The number of hydrogen-bond acceptors (Lipinski definition) is 2. The van der Waals surface area contributed by atoms with Gasteiger partial charge in [0, 0.05) is 6.04 Å². The largest absolute Gasteiger partial charge is 0.326 e. The van der Waals surface area contributed by atoms with Crippen molar-refractivity contribution in [1.82, 2.24) is 9.55 Å². The lowest BCUT2D eigenvalue weighted by Crippen LogP contribution is -2.37. The number of rotatable bonds is 1. The predicted octanol–water partition coefficient (Wildman–Crippen LogP) is 2.72. The topological polar surface area (TPSA) is 43.8 Å². The Balaban J connectivity index is 2.05. The number of nitrogens with zero attached hydrogens (tertiary/aromatic N) is 2. The van der Waals surface area contributed by atoms with Gasteiger partial charge in [-0.05, 0) is 30.4 Å². The molecule has 3 nitrogen and oxygen atoms in total. The highest BCUT2D eigenvalue weighted by molar-refractivity contribution is 5.75. The maximum atomic E-state index is 6.39. The van der Waals surface area contributed by atoms with E-state index in [2.05, 4.69) is 41.6 Å². The molecule has 0 bridgehead atoms. The highest BCUT2D eigenvalue weighted by Gasteiger charge is 2.40. The van der Waals surface area contributed by atoms with Gasteiger partial charge in [-0.25, -0.2) is 4.98 Å². The van der Waals surface area contributed by atoms with Gasteiger partial charge in [0.15, 0.2) is 0 Å². The second-order valence-electron chi connectivity index (χ2n) is 5.76. The van der Waals surface area contributed by atoms with E-state index in [1.54, 1.807) is 0 Å². The minimum atomic E-state index is 0.208. The molecule has 0 saturated heterocycles. The Hall–Kier alpha value is -1.35. The lowest BCUT2D eigenvalue weighted by atomic mass is 9.87. The number of aromatic nitrogens is 2. The lowest BCUT2D eigenvalue weighted by molar-refractivity contribution is 0.301. The molecule has 1 heterocycles. The maximum absolute atomic E-state index is 6.39. The first-order valence-corrected chi connectivity index (χ1v) is 6.27. The van der Waals surface area contributed by atoms with Crippen LogP contribution in [0.25, 0.3) is 11.0 Å². The summed E-state index contributed by atoms with van der Waals surface area (Å²) in [6, 6.07) is 8.86. The highest BCUT2D eigenvalue weighted by atomic mass is 15.1. The van der Waals surface area contributed by atoms with E-state index in [1.807, 2.05) is 12.4 Å². The van der Waals surface area contributed by atoms with Gasteiger partial charge < -0.3 is 10.3 Å². The van der Waals surface area contributed by atoms with Crippen LogP contribution < -0.4 is 5.73 Å². The third-order valence-corrected chi connectivity index (χ3v) is 4.24. The summed E-state index contributed by atoms with van der Waals surface area (Å²) in [5.74, 6) is 0. The van der Waals surface area contributed by atoms with Gasteiger partial charge in [0.25, 0.3) is 0 Å². The number of benzene rings is 1. The summed E-state index contributed by atoms with van der Waals surface area (Å²) in [7, 11) is 0. The molecule has 1 aromatic carbocycles. The van der Waals surface area contributed by atoms with Crippen molar-refractivity contribution in [3.05, 3.63) is 30.6 Å². The van der Waals surface area contributed by atoms with E-state index in [0.717, 1.165) is 11.9 Å². The van der Waals surface area contributed by atoms with Crippen LogP contribution in [0, 0.1) is 5.41 Å². The van der Waals surface area contributed by atoms with Crippen molar-refractivity contribution in [2.45, 2.75) is 38.8 Å². The molecule has 1 aliphatic rings. The van der Waals surface area contributed by atoms with Gasteiger partial charge in [-0.1, -0.05) is 26.0 Å². The molecule has 2 unspecified atom stereocenters. The van der Waals surface area contributed by atoms with Crippen molar-refractivity contribution >= 4 is 11.0 Å². The van der Waals surface area contributed by atoms with Crippen molar-refractivity contribution in [3.8, 4) is 0 Å². The molecule has 1 aliphatic carbocycles.